The molecule has 138 valence electrons. The van der Waals surface area contributed by atoms with Crippen molar-refractivity contribution >= 4 is 34.5 Å². The van der Waals surface area contributed by atoms with E-state index in [0.717, 1.165) is 16.3 Å². The van der Waals surface area contributed by atoms with E-state index in [-0.39, 0.29) is 24.3 Å². The molecule has 0 aliphatic carbocycles. The molecule has 0 aliphatic heterocycles. The van der Waals surface area contributed by atoms with Gasteiger partial charge in [-0.1, -0.05) is 42.5 Å². The van der Waals surface area contributed by atoms with Crippen LogP contribution in [0.4, 0.5) is 11.4 Å². The van der Waals surface area contributed by atoms with E-state index in [1.807, 2.05) is 78.2 Å². The molecule has 3 rings (SSSR count). The van der Waals surface area contributed by atoms with Crippen molar-refractivity contribution in [1.82, 2.24) is 10.7 Å². The fourth-order valence-corrected chi connectivity index (χ4v) is 3.52. The molecule has 1 aromatic heterocycles. The van der Waals surface area contributed by atoms with E-state index in [0.29, 0.717) is 0 Å². The Morgan fingerprint density at radius 2 is 1.52 bits per heavy atom. The molecule has 1 atom stereocenters. The van der Waals surface area contributed by atoms with E-state index >= 15 is 0 Å². The van der Waals surface area contributed by atoms with Gasteiger partial charge >= 0.3 is 0 Å². The maximum atomic E-state index is 12.8. The van der Waals surface area contributed by atoms with E-state index < -0.39 is 0 Å². The Hall–Kier alpha value is -3.12. The molecule has 0 bridgehead atoms. The predicted molar refractivity (Wildman–Crippen MR) is 109 cm³/mol. The predicted octanol–water partition coefficient (Wildman–Crippen LogP) is 4.18. The van der Waals surface area contributed by atoms with Gasteiger partial charge in [-0.25, -0.2) is 0 Å². The number of hydrogen-bond donors (Lipinski definition) is 2. The van der Waals surface area contributed by atoms with Crippen LogP contribution in [0.5, 0.6) is 0 Å². The van der Waals surface area contributed by atoms with Crippen LogP contribution >= 0.6 is 11.3 Å². The molecule has 2 N–H and O–H groups in total. The van der Waals surface area contributed by atoms with Crippen LogP contribution in [0.3, 0.4) is 0 Å². The third kappa shape index (κ3) is 5.18. The lowest BCUT2D eigenvalue weighted by Gasteiger charge is -2.26. The van der Waals surface area contributed by atoms with Gasteiger partial charge in [0.25, 0.3) is 0 Å². The number of para-hydroxylation sites is 2. The van der Waals surface area contributed by atoms with Gasteiger partial charge in [0.2, 0.25) is 11.8 Å². The van der Waals surface area contributed by atoms with Crippen LogP contribution in [-0.4, -0.2) is 11.8 Å². The standard InChI is InChI=1S/C21H21N3O2S/c1-16(25)22-19(20-13-8-14-27-20)15-21(26)23-24(17-9-4-2-5-10-17)18-11-6-3-7-12-18/h2-14,19H,15H2,1H3,(H,22,25)(H,23,26)/t19-/m0/s1. The highest BCUT2D eigenvalue weighted by molar-refractivity contribution is 7.10. The van der Waals surface area contributed by atoms with Gasteiger partial charge in [-0.15, -0.1) is 11.3 Å². The topological polar surface area (TPSA) is 61.4 Å². The second-order valence-corrected chi connectivity index (χ2v) is 6.99. The molecule has 0 fully saturated rings. The monoisotopic (exact) mass is 379 g/mol. The van der Waals surface area contributed by atoms with Crippen LogP contribution in [0.2, 0.25) is 0 Å². The van der Waals surface area contributed by atoms with Crippen LogP contribution in [0.25, 0.3) is 0 Å². The molecule has 3 aromatic rings. The molecule has 0 unspecified atom stereocenters. The number of nitrogens with zero attached hydrogens (tertiary/aromatic N) is 1. The average molecular weight is 379 g/mol. The molecule has 0 saturated carbocycles. The number of benzene rings is 2. The van der Waals surface area contributed by atoms with Crippen molar-refractivity contribution in [1.29, 1.82) is 0 Å². The Morgan fingerprint density at radius 1 is 0.926 bits per heavy atom. The molecular formula is C21H21N3O2S. The fraction of sp³-hybridized carbons (Fsp3) is 0.143. The number of carbonyl (C=O) groups is 2. The average Bonchev–Trinajstić information content (AvgIpc) is 3.21. The number of anilines is 2. The first-order chi connectivity index (χ1) is 13.1. The number of nitrogens with one attached hydrogen (secondary N) is 2. The highest BCUT2D eigenvalue weighted by atomic mass is 32.1. The summed E-state index contributed by atoms with van der Waals surface area (Å²) in [7, 11) is 0. The molecule has 2 aromatic carbocycles. The van der Waals surface area contributed by atoms with Gasteiger partial charge < -0.3 is 5.32 Å². The zero-order chi connectivity index (χ0) is 19.1. The Kier molecular flexibility index (Phi) is 6.22. The molecule has 0 saturated heterocycles. The van der Waals surface area contributed by atoms with Gasteiger partial charge in [-0.05, 0) is 35.7 Å². The lowest BCUT2D eigenvalue weighted by Crippen LogP contribution is -2.41. The first-order valence-electron chi connectivity index (χ1n) is 8.63. The third-order valence-electron chi connectivity index (χ3n) is 3.92. The Morgan fingerprint density at radius 3 is 2.00 bits per heavy atom. The first-order valence-corrected chi connectivity index (χ1v) is 9.51. The van der Waals surface area contributed by atoms with E-state index in [9.17, 15) is 9.59 Å². The summed E-state index contributed by atoms with van der Waals surface area (Å²) in [6, 6.07) is 22.7. The summed E-state index contributed by atoms with van der Waals surface area (Å²) in [5.74, 6) is -0.348. The van der Waals surface area contributed by atoms with Gasteiger partial charge in [0.1, 0.15) is 0 Å². The smallest absolute Gasteiger partial charge is 0.241 e. The van der Waals surface area contributed by atoms with Gasteiger partial charge in [-0.2, -0.15) is 0 Å². The number of thiophene rings is 1. The second kappa shape index (κ2) is 9.00. The van der Waals surface area contributed by atoms with Gasteiger partial charge in [0.15, 0.2) is 0 Å². The van der Waals surface area contributed by atoms with Crippen molar-refractivity contribution in [2.45, 2.75) is 19.4 Å². The van der Waals surface area contributed by atoms with Crippen molar-refractivity contribution in [2.24, 2.45) is 0 Å². The molecule has 1 heterocycles. The van der Waals surface area contributed by atoms with E-state index in [1.54, 1.807) is 5.01 Å². The summed E-state index contributed by atoms with van der Waals surface area (Å²) in [6.07, 6.45) is 0.149. The summed E-state index contributed by atoms with van der Waals surface area (Å²) in [5.41, 5.74) is 4.67. The van der Waals surface area contributed by atoms with E-state index in [1.165, 1.54) is 18.3 Å². The minimum Gasteiger partial charge on any atom is -0.348 e. The molecule has 0 aliphatic rings. The summed E-state index contributed by atoms with van der Waals surface area (Å²) in [5, 5.41) is 6.54. The first kappa shape index (κ1) is 18.7. The van der Waals surface area contributed by atoms with E-state index in [2.05, 4.69) is 10.7 Å². The zero-order valence-electron chi connectivity index (χ0n) is 15.0. The molecule has 2 amide bonds. The SMILES string of the molecule is CC(=O)N[C@@H](CC(=O)NN(c1ccccc1)c1ccccc1)c1cccs1. The summed E-state index contributed by atoms with van der Waals surface area (Å²) >= 11 is 1.52. The van der Waals surface area contributed by atoms with Gasteiger partial charge in [0, 0.05) is 11.8 Å². The van der Waals surface area contributed by atoms with Gasteiger partial charge in [0.05, 0.1) is 23.8 Å². The van der Waals surface area contributed by atoms with Crippen molar-refractivity contribution in [2.75, 3.05) is 5.01 Å². The zero-order valence-corrected chi connectivity index (χ0v) is 15.8. The Balaban J connectivity index is 1.79. The number of hydrogen-bond acceptors (Lipinski definition) is 4. The molecule has 5 nitrogen and oxygen atoms in total. The van der Waals surface area contributed by atoms with Crippen molar-refractivity contribution in [3.63, 3.8) is 0 Å². The lowest BCUT2D eigenvalue weighted by molar-refractivity contribution is -0.122. The maximum Gasteiger partial charge on any atom is 0.241 e. The molecule has 27 heavy (non-hydrogen) atoms. The summed E-state index contributed by atoms with van der Waals surface area (Å²) in [6.45, 7) is 1.46. The molecule has 6 heteroatoms. The van der Waals surface area contributed by atoms with Crippen LogP contribution in [0.1, 0.15) is 24.3 Å². The fourth-order valence-electron chi connectivity index (χ4n) is 2.75. The molecule has 0 radical (unpaired) electrons. The quantitative estimate of drug-likeness (QED) is 0.605. The Labute approximate surface area is 162 Å². The lowest BCUT2D eigenvalue weighted by atomic mass is 10.1. The van der Waals surface area contributed by atoms with E-state index in [4.69, 9.17) is 0 Å². The van der Waals surface area contributed by atoms with Crippen LogP contribution in [0, 0.1) is 0 Å². The van der Waals surface area contributed by atoms with Crippen LogP contribution in [0.15, 0.2) is 78.2 Å². The number of hydrazine groups is 1. The summed E-state index contributed by atoms with van der Waals surface area (Å²) in [4.78, 5) is 25.3. The van der Waals surface area contributed by atoms with Crippen LogP contribution < -0.4 is 15.8 Å². The summed E-state index contributed by atoms with van der Waals surface area (Å²) < 4.78 is 0. The molecular weight excluding hydrogens is 358 g/mol. The highest BCUT2D eigenvalue weighted by Crippen LogP contribution is 2.25. The highest BCUT2D eigenvalue weighted by Gasteiger charge is 2.20. The number of rotatable bonds is 7. The number of amides is 2. The van der Waals surface area contributed by atoms with Gasteiger partial charge in [-0.3, -0.25) is 20.0 Å². The normalized spacial score (nSPS) is 11.4. The maximum absolute atomic E-state index is 12.8. The number of carbonyl (C=O) groups excluding carboxylic acids is 2. The van der Waals surface area contributed by atoms with Crippen molar-refractivity contribution < 1.29 is 9.59 Å². The molecule has 0 spiro atoms. The van der Waals surface area contributed by atoms with Crippen molar-refractivity contribution in [3.05, 3.63) is 83.1 Å². The second-order valence-electron chi connectivity index (χ2n) is 6.01. The minimum atomic E-state index is -0.351. The Bertz CT molecular complexity index is 827. The largest absolute Gasteiger partial charge is 0.348 e. The third-order valence-corrected chi connectivity index (χ3v) is 4.90. The minimum absolute atomic E-state index is 0.149. The van der Waals surface area contributed by atoms with Crippen LogP contribution in [-0.2, 0) is 9.59 Å². The van der Waals surface area contributed by atoms with Crippen molar-refractivity contribution in [3.8, 4) is 0 Å².